The fraction of sp³-hybridized carbons (Fsp3) is 0.267. The van der Waals surface area contributed by atoms with E-state index in [1.807, 2.05) is 24.3 Å². The lowest BCUT2D eigenvalue weighted by atomic mass is 9.87. The Balaban J connectivity index is 2.46. The molecule has 19 heavy (non-hydrogen) atoms. The van der Waals surface area contributed by atoms with E-state index in [9.17, 15) is 4.79 Å². The third kappa shape index (κ3) is 2.82. The Labute approximate surface area is 117 Å². The van der Waals surface area contributed by atoms with E-state index in [-0.39, 0.29) is 11.1 Å². The van der Waals surface area contributed by atoms with Gasteiger partial charge in [-0.15, -0.1) is 0 Å². The van der Waals surface area contributed by atoms with Crippen molar-refractivity contribution in [2.24, 2.45) is 0 Å². The van der Waals surface area contributed by atoms with Crippen LogP contribution in [0, 0.1) is 0 Å². The van der Waals surface area contributed by atoms with Crippen LogP contribution in [0.1, 0.15) is 36.8 Å². The summed E-state index contributed by atoms with van der Waals surface area (Å²) in [4.78, 5) is 11.2. The molecule has 0 saturated heterocycles. The molecule has 0 fully saturated rings. The summed E-state index contributed by atoms with van der Waals surface area (Å²) in [5, 5.41) is 9.56. The summed E-state index contributed by atoms with van der Waals surface area (Å²) in [7, 11) is 0. The largest absolute Gasteiger partial charge is 0.477 e. The smallest absolute Gasteiger partial charge is 0.352 e. The van der Waals surface area contributed by atoms with E-state index < -0.39 is 5.97 Å². The Morgan fingerprint density at radius 1 is 1.21 bits per heavy atom. The first kappa shape index (κ1) is 13.7. The van der Waals surface area contributed by atoms with Crippen molar-refractivity contribution in [3.63, 3.8) is 0 Å². The van der Waals surface area contributed by atoms with Gasteiger partial charge in [0.2, 0.25) is 0 Å². The molecule has 2 rings (SSSR count). The lowest BCUT2D eigenvalue weighted by Gasteiger charge is -2.19. The molecule has 0 unspecified atom stereocenters. The van der Waals surface area contributed by atoms with Gasteiger partial charge in [0.25, 0.3) is 0 Å². The van der Waals surface area contributed by atoms with Crippen molar-refractivity contribution in [3.05, 3.63) is 52.8 Å². The van der Waals surface area contributed by atoms with Crippen LogP contribution in [-0.2, 0) is 5.41 Å². The van der Waals surface area contributed by atoms with Crippen LogP contribution in [0.3, 0.4) is 0 Å². The lowest BCUT2D eigenvalue weighted by molar-refractivity contribution is 0.0688. The van der Waals surface area contributed by atoms with Crippen LogP contribution in [0.15, 0.2) is 36.5 Å². The van der Waals surface area contributed by atoms with Gasteiger partial charge in [0.1, 0.15) is 5.69 Å². The van der Waals surface area contributed by atoms with Gasteiger partial charge >= 0.3 is 5.97 Å². The number of rotatable bonds is 2. The maximum absolute atomic E-state index is 11.2. The van der Waals surface area contributed by atoms with Gasteiger partial charge in [0.05, 0.1) is 5.02 Å². The second-order valence-electron chi connectivity index (χ2n) is 5.52. The average molecular weight is 278 g/mol. The fourth-order valence-electron chi connectivity index (χ4n) is 1.93. The summed E-state index contributed by atoms with van der Waals surface area (Å²) in [5.74, 6) is -0.994. The van der Waals surface area contributed by atoms with E-state index in [2.05, 4.69) is 20.8 Å². The predicted molar refractivity (Wildman–Crippen MR) is 76.4 cm³/mol. The highest BCUT2D eigenvalue weighted by atomic mass is 35.5. The van der Waals surface area contributed by atoms with Gasteiger partial charge in [-0.3, -0.25) is 0 Å². The molecule has 1 aromatic heterocycles. The Hall–Kier alpha value is -1.74. The topological polar surface area (TPSA) is 42.2 Å². The molecule has 0 spiro atoms. The summed E-state index contributed by atoms with van der Waals surface area (Å²) < 4.78 is 1.58. The van der Waals surface area contributed by atoms with Crippen molar-refractivity contribution in [1.82, 2.24) is 4.57 Å². The molecule has 2 aromatic rings. The van der Waals surface area contributed by atoms with Crippen LogP contribution in [0.2, 0.25) is 5.02 Å². The molecule has 0 radical (unpaired) electrons. The molecule has 3 nitrogen and oxygen atoms in total. The minimum absolute atomic E-state index is 0.0719. The second kappa shape index (κ2) is 4.74. The summed E-state index contributed by atoms with van der Waals surface area (Å²) in [6.45, 7) is 6.41. The highest BCUT2D eigenvalue weighted by Gasteiger charge is 2.15. The summed E-state index contributed by atoms with van der Waals surface area (Å²) in [6.07, 6.45) is 1.61. The van der Waals surface area contributed by atoms with Gasteiger partial charge in [-0.05, 0) is 29.2 Å². The number of aromatic nitrogens is 1. The van der Waals surface area contributed by atoms with E-state index >= 15 is 0 Å². The van der Waals surface area contributed by atoms with E-state index in [1.54, 1.807) is 10.8 Å². The molecule has 1 N–H and O–H groups in total. The van der Waals surface area contributed by atoms with Crippen molar-refractivity contribution in [3.8, 4) is 5.69 Å². The van der Waals surface area contributed by atoms with Crippen molar-refractivity contribution >= 4 is 17.6 Å². The maximum Gasteiger partial charge on any atom is 0.352 e. The molecule has 0 aliphatic rings. The van der Waals surface area contributed by atoms with Gasteiger partial charge in [-0.2, -0.15) is 0 Å². The highest BCUT2D eigenvalue weighted by molar-refractivity contribution is 6.31. The van der Waals surface area contributed by atoms with Crippen LogP contribution >= 0.6 is 11.6 Å². The molecule has 0 saturated carbocycles. The minimum atomic E-state index is -0.994. The number of carboxylic acids is 1. The Bertz CT molecular complexity index is 606. The second-order valence-corrected chi connectivity index (χ2v) is 5.95. The average Bonchev–Trinajstić information content (AvgIpc) is 2.70. The molecule has 0 atom stereocenters. The third-order valence-corrected chi connectivity index (χ3v) is 3.22. The predicted octanol–water partition coefficient (Wildman–Crippen LogP) is 4.13. The number of benzene rings is 1. The molecular weight excluding hydrogens is 262 g/mol. The molecule has 4 heteroatoms. The number of nitrogens with zero attached hydrogens (tertiary/aromatic N) is 1. The van der Waals surface area contributed by atoms with Gasteiger partial charge in [-0.25, -0.2) is 4.79 Å². The van der Waals surface area contributed by atoms with Crippen LogP contribution in [0.4, 0.5) is 0 Å². The molecular formula is C15H16ClNO2. The molecule has 0 bridgehead atoms. The first-order valence-electron chi connectivity index (χ1n) is 6.01. The molecule has 1 aromatic carbocycles. The summed E-state index contributed by atoms with van der Waals surface area (Å²) in [6, 6.07) is 9.28. The van der Waals surface area contributed by atoms with Crippen LogP contribution in [0.25, 0.3) is 5.69 Å². The lowest BCUT2D eigenvalue weighted by Crippen LogP contribution is -2.11. The van der Waals surface area contributed by atoms with Gasteiger partial charge < -0.3 is 9.67 Å². The van der Waals surface area contributed by atoms with Crippen molar-refractivity contribution < 1.29 is 9.90 Å². The first-order chi connectivity index (χ1) is 8.79. The maximum atomic E-state index is 11.2. The zero-order chi connectivity index (χ0) is 14.2. The van der Waals surface area contributed by atoms with Crippen LogP contribution < -0.4 is 0 Å². The zero-order valence-corrected chi connectivity index (χ0v) is 11.9. The normalized spacial score (nSPS) is 11.6. The summed E-state index contributed by atoms with van der Waals surface area (Å²) >= 11 is 5.88. The number of aromatic carboxylic acids is 1. The van der Waals surface area contributed by atoms with E-state index in [1.165, 1.54) is 11.6 Å². The van der Waals surface area contributed by atoms with Crippen LogP contribution in [-0.4, -0.2) is 15.6 Å². The monoisotopic (exact) mass is 277 g/mol. The summed E-state index contributed by atoms with van der Waals surface area (Å²) in [5.41, 5.74) is 2.22. The number of carbonyl (C=O) groups is 1. The van der Waals surface area contributed by atoms with Crippen LogP contribution in [0.5, 0.6) is 0 Å². The number of hydrogen-bond donors (Lipinski definition) is 1. The zero-order valence-electron chi connectivity index (χ0n) is 11.1. The molecule has 0 amide bonds. The van der Waals surface area contributed by atoms with Gasteiger partial charge in [0.15, 0.2) is 0 Å². The van der Waals surface area contributed by atoms with E-state index in [0.717, 1.165) is 5.69 Å². The first-order valence-corrected chi connectivity index (χ1v) is 6.39. The molecule has 0 aliphatic heterocycles. The SMILES string of the molecule is CC(C)(C)c1ccc(-n2cc(Cl)cc2C(=O)O)cc1. The molecule has 0 aliphatic carbocycles. The van der Waals surface area contributed by atoms with Crippen molar-refractivity contribution in [2.45, 2.75) is 26.2 Å². The number of carboxylic acid groups (broad SMARTS) is 1. The number of hydrogen-bond acceptors (Lipinski definition) is 1. The highest BCUT2D eigenvalue weighted by Crippen LogP contribution is 2.25. The van der Waals surface area contributed by atoms with E-state index in [0.29, 0.717) is 5.02 Å². The Morgan fingerprint density at radius 3 is 2.26 bits per heavy atom. The Morgan fingerprint density at radius 2 is 1.79 bits per heavy atom. The van der Waals surface area contributed by atoms with Gasteiger partial charge in [0, 0.05) is 11.9 Å². The van der Waals surface area contributed by atoms with Crippen molar-refractivity contribution in [2.75, 3.05) is 0 Å². The third-order valence-electron chi connectivity index (χ3n) is 3.02. The Kier molecular flexibility index (Phi) is 3.42. The molecule has 100 valence electrons. The van der Waals surface area contributed by atoms with Gasteiger partial charge in [-0.1, -0.05) is 44.5 Å². The fourth-order valence-corrected chi connectivity index (χ4v) is 2.13. The quantitative estimate of drug-likeness (QED) is 0.897. The number of halogens is 1. The minimum Gasteiger partial charge on any atom is -0.477 e. The van der Waals surface area contributed by atoms with Crippen molar-refractivity contribution in [1.29, 1.82) is 0 Å². The standard InChI is InChI=1S/C15H16ClNO2/c1-15(2,3)10-4-6-12(7-5-10)17-9-11(16)8-13(17)14(18)19/h4-9H,1-3H3,(H,18,19). The molecule has 1 heterocycles. The van der Waals surface area contributed by atoms with E-state index in [4.69, 9.17) is 16.7 Å².